The predicted molar refractivity (Wildman–Crippen MR) is 42.3 cm³/mol. The van der Waals surface area contributed by atoms with E-state index in [1.54, 1.807) is 0 Å². The molecule has 0 aromatic heterocycles. The van der Waals surface area contributed by atoms with Crippen LogP contribution >= 0.6 is 0 Å². The van der Waals surface area contributed by atoms with Gasteiger partial charge in [0, 0.05) is 0 Å². The molecule has 3 atom stereocenters. The van der Waals surface area contributed by atoms with Crippen LogP contribution in [0.25, 0.3) is 0 Å². The van der Waals surface area contributed by atoms with Crippen molar-refractivity contribution in [2.24, 2.45) is 17.3 Å². The summed E-state index contributed by atoms with van der Waals surface area (Å²) in [5.74, 6) is 1.62. The maximum absolute atomic E-state index is 11.3. The minimum atomic E-state index is -0.0685. The topological polar surface area (TPSA) is 17.1 Å². The molecule has 1 saturated carbocycles. The van der Waals surface area contributed by atoms with Gasteiger partial charge in [0.25, 0.3) is 0 Å². The van der Waals surface area contributed by atoms with Crippen LogP contribution in [0.2, 0.25) is 0 Å². The van der Waals surface area contributed by atoms with Crippen molar-refractivity contribution >= 4 is 3.79 Å². The molecule has 3 rings (SSSR count). The number of carbonyl (C=O) groups excluding carboxylic acids is 1. The van der Waals surface area contributed by atoms with Crippen molar-refractivity contribution in [1.82, 2.24) is 0 Å². The first-order valence-electron chi connectivity index (χ1n) is 4.59. The van der Waals surface area contributed by atoms with Crippen LogP contribution in [-0.2, 0) is 4.79 Å². The summed E-state index contributed by atoms with van der Waals surface area (Å²) < 4.78 is 1.91. The number of fused-ring (bicyclic) bond motifs is 3. The molecule has 2 heteroatoms. The average Bonchev–Trinajstić information content (AvgIpc) is 2.67. The van der Waals surface area contributed by atoms with Gasteiger partial charge in [-0.2, -0.15) is 0 Å². The molecular formula is C10H12IO-. The Morgan fingerprint density at radius 2 is 2.42 bits per heavy atom. The molecule has 3 aliphatic rings. The van der Waals surface area contributed by atoms with Gasteiger partial charge < -0.3 is 0 Å². The molecule has 1 heterocycles. The zero-order chi connectivity index (χ0) is 8.18. The van der Waals surface area contributed by atoms with Crippen LogP contribution in [0.5, 0.6) is 0 Å². The van der Waals surface area contributed by atoms with Crippen LogP contribution in [0.15, 0.2) is 12.2 Å². The molecule has 2 aliphatic carbocycles. The Balaban J connectivity index is 1.94. The van der Waals surface area contributed by atoms with Gasteiger partial charge >= 0.3 is 82.9 Å². The van der Waals surface area contributed by atoms with Crippen LogP contribution in [0.3, 0.4) is 0 Å². The summed E-state index contributed by atoms with van der Waals surface area (Å²) in [6, 6.07) is 0. The molecule has 0 radical (unpaired) electrons. The number of alkyl halides is 1. The third kappa shape index (κ3) is 0.874. The number of hydrogen-bond acceptors (Lipinski definition) is 1. The van der Waals surface area contributed by atoms with Crippen molar-refractivity contribution in [2.75, 3.05) is 4.43 Å². The van der Waals surface area contributed by atoms with E-state index < -0.39 is 0 Å². The fourth-order valence-corrected chi connectivity index (χ4v) is 6.35. The molecule has 2 bridgehead atoms. The predicted octanol–water partition coefficient (Wildman–Crippen LogP) is -1.41. The van der Waals surface area contributed by atoms with Crippen molar-refractivity contribution in [3.05, 3.63) is 12.2 Å². The van der Waals surface area contributed by atoms with Crippen molar-refractivity contribution in [2.45, 2.75) is 19.3 Å². The van der Waals surface area contributed by atoms with E-state index in [2.05, 4.69) is 12.2 Å². The summed E-state index contributed by atoms with van der Waals surface area (Å²) in [5, 5.41) is 0. The monoisotopic (exact) mass is 275 g/mol. The SMILES string of the molecule is O=C1CC2(C[I-]1)CC1C=CC2C1. The molecule has 0 amide bonds. The molecular weight excluding hydrogens is 263 g/mol. The molecule has 2 fully saturated rings. The first-order chi connectivity index (χ1) is 5.78. The van der Waals surface area contributed by atoms with Crippen LogP contribution in [0.1, 0.15) is 19.3 Å². The Morgan fingerprint density at radius 3 is 2.92 bits per heavy atom. The Bertz CT molecular complexity index is 271. The van der Waals surface area contributed by atoms with Crippen LogP contribution in [0, 0.1) is 17.3 Å². The normalized spacial score (nSPS) is 50.5. The van der Waals surface area contributed by atoms with Crippen LogP contribution in [0.4, 0.5) is 0 Å². The second kappa shape index (κ2) is 2.34. The summed E-state index contributed by atoms with van der Waals surface area (Å²) in [5.41, 5.74) is 0.490. The Morgan fingerprint density at radius 1 is 1.50 bits per heavy atom. The fourth-order valence-electron chi connectivity index (χ4n) is 2.99. The van der Waals surface area contributed by atoms with Gasteiger partial charge in [-0.15, -0.1) is 0 Å². The molecule has 66 valence electrons. The number of hydrogen-bond donors (Lipinski definition) is 0. The van der Waals surface area contributed by atoms with Crippen LogP contribution in [-0.4, -0.2) is 8.22 Å². The first kappa shape index (κ1) is 7.54. The van der Waals surface area contributed by atoms with Gasteiger partial charge in [0.2, 0.25) is 0 Å². The zero-order valence-electron chi connectivity index (χ0n) is 6.92. The van der Waals surface area contributed by atoms with E-state index in [4.69, 9.17) is 0 Å². The molecule has 3 unspecified atom stereocenters. The van der Waals surface area contributed by atoms with E-state index in [1.807, 2.05) is 0 Å². The quantitative estimate of drug-likeness (QED) is 0.230. The average molecular weight is 275 g/mol. The molecule has 0 aromatic rings. The van der Waals surface area contributed by atoms with E-state index in [0.717, 1.165) is 18.3 Å². The second-order valence-corrected chi connectivity index (χ2v) is 7.08. The second-order valence-electron chi connectivity index (χ2n) is 4.35. The summed E-state index contributed by atoms with van der Waals surface area (Å²) in [6.45, 7) is 0. The number of allylic oxidation sites excluding steroid dienone is 2. The van der Waals surface area contributed by atoms with Crippen molar-refractivity contribution in [3.63, 3.8) is 0 Å². The van der Waals surface area contributed by atoms with Gasteiger partial charge in [0.1, 0.15) is 0 Å². The van der Waals surface area contributed by atoms with Gasteiger partial charge in [0.15, 0.2) is 0 Å². The summed E-state index contributed by atoms with van der Waals surface area (Å²) in [7, 11) is 0. The van der Waals surface area contributed by atoms with Gasteiger partial charge in [-0.25, -0.2) is 0 Å². The van der Waals surface area contributed by atoms with Crippen molar-refractivity contribution < 1.29 is 26.0 Å². The van der Waals surface area contributed by atoms with Gasteiger partial charge in [-0.3, -0.25) is 0 Å². The Labute approximate surface area is 82.9 Å². The van der Waals surface area contributed by atoms with Gasteiger partial charge in [-0.1, -0.05) is 0 Å². The number of rotatable bonds is 0. The van der Waals surface area contributed by atoms with Crippen molar-refractivity contribution in [3.8, 4) is 0 Å². The summed E-state index contributed by atoms with van der Waals surface area (Å²) in [6.07, 6.45) is 8.38. The Hall–Kier alpha value is 0.140. The molecule has 1 nitrogen and oxygen atoms in total. The first-order valence-corrected chi connectivity index (χ1v) is 7.19. The molecule has 0 aromatic carbocycles. The van der Waals surface area contributed by atoms with Crippen molar-refractivity contribution in [1.29, 1.82) is 0 Å². The maximum atomic E-state index is 11.3. The zero-order valence-corrected chi connectivity index (χ0v) is 9.08. The third-order valence-electron chi connectivity index (χ3n) is 3.60. The van der Waals surface area contributed by atoms with E-state index in [1.165, 1.54) is 17.3 Å². The minimum absolute atomic E-state index is 0.0685. The third-order valence-corrected chi connectivity index (χ3v) is 6.73. The molecule has 12 heavy (non-hydrogen) atoms. The van der Waals surface area contributed by atoms with E-state index in [0.29, 0.717) is 9.20 Å². The molecule has 0 N–H and O–H groups in total. The van der Waals surface area contributed by atoms with E-state index in [9.17, 15) is 4.79 Å². The van der Waals surface area contributed by atoms with Gasteiger partial charge in [0.05, 0.1) is 0 Å². The Kier molecular flexibility index (Phi) is 1.47. The number of carbonyl (C=O) groups is 1. The molecule has 1 saturated heterocycles. The summed E-state index contributed by atoms with van der Waals surface area (Å²) in [4.78, 5) is 11.3. The van der Waals surface area contributed by atoms with E-state index in [-0.39, 0.29) is 21.2 Å². The molecule has 1 spiro atoms. The number of halogens is 1. The molecule has 1 aliphatic heterocycles. The summed E-state index contributed by atoms with van der Waals surface area (Å²) >= 11 is -0.0685. The fraction of sp³-hybridized carbons (Fsp3) is 0.700. The van der Waals surface area contributed by atoms with Crippen LogP contribution < -0.4 is 21.2 Å². The standard InChI is InChI=1S/C10H12IO/c12-9-5-10(6-11-9)4-7-1-2-8(10)3-7/h1-2,7-8H,3-6H2/q-1. The van der Waals surface area contributed by atoms with Gasteiger partial charge in [-0.05, 0) is 0 Å². The van der Waals surface area contributed by atoms with E-state index >= 15 is 0 Å².